The van der Waals surface area contributed by atoms with Crippen LogP contribution < -0.4 is 5.73 Å². The zero-order chi connectivity index (χ0) is 12.6. The Kier molecular flexibility index (Phi) is 3.55. The Labute approximate surface area is 105 Å². The minimum atomic E-state index is 0.276. The molecular formula is C15H24N2. The van der Waals surface area contributed by atoms with Crippen LogP contribution in [0.15, 0.2) is 18.2 Å². The molecule has 0 bridgehead atoms. The highest BCUT2D eigenvalue weighted by molar-refractivity contribution is 5.32. The first-order valence-electron chi connectivity index (χ1n) is 6.58. The Hall–Kier alpha value is -0.860. The maximum atomic E-state index is 6.30. The summed E-state index contributed by atoms with van der Waals surface area (Å²) < 4.78 is 0. The minimum absolute atomic E-state index is 0.276. The summed E-state index contributed by atoms with van der Waals surface area (Å²) in [4.78, 5) is 2.53. The van der Waals surface area contributed by atoms with Gasteiger partial charge in [-0.25, -0.2) is 0 Å². The van der Waals surface area contributed by atoms with Crippen LogP contribution in [0.3, 0.4) is 0 Å². The van der Waals surface area contributed by atoms with Crippen LogP contribution in [0, 0.1) is 13.8 Å². The molecule has 2 heteroatoms. The molecule has 2 nitrogen and oxygen atoms in total. The lowest BCUT2D eigenvalue weighted by Gasteiger charge is -2.31. The highest BCUT2D eigenvalue weighted by Gasteiger charge is 2.34. The molecule has 1 fully saturated rings. The third kappa shape index (κ3) is 2.53. The molecule has 94 valence electrons. The number of aryl methyl sites for hydroxylation is 2. The van der Waals surface area contributed by atoms with Crippen LogP contribution in [-0.4, -0.2) is 23.5 Å². The number of benzene rings is 1. The van der Waals surface area contributed by atoms with Gasteiger partial charge >= 0.3 is 0 Å². The zero-order valence-electron chi connectivity index (χ0n) is 11.4. The molecule has 0 radical (unpaired) electrons. The lowest BCUT2D eigenvalue weighted by molar-refractivity contribution is 0.198. The van der Waals surface area contributed by atoms with Gasteiger partial charge in [0.05, 0.1) is 6.04 Å². The fraction of sp³-hybridized carbons (Fsp3) is 0.600. The molecule has 2 N–H and O–H groups in total. The van der Waals surface area contributed by atoms with Crippen molar-refractivity contribution in [2.45, 2.75) is 52.2 Å². The topological polar surface area (TPSA) is 29.3 Å². The predicted octanol–water partition coefficient (Wildman–Crippen LogP) is 2.79. The van der Waals surface area contributed by atoms with Crippen LogP contribution in [0.5, 0.6) is 0 Å². The summed E-state index contributed by atoms with van der Waals surface area (Å²) in [6, 6.07) is 8.04. The summed E-state index contributed by atoms with van der Waals surface area (Å²) in [5.41, 5.74) is 10.4. The van der Waals surface area contributed by atoms with Gasteiger partial charge < -0.3 is 5.73 Å². The Balaban J connectivity index is 2.36. The Morgan fingerprint density at radius 2 is 1.76 bits per heavy atom. The van der Waals surface area contributed by atoms with Crippen LogP contribution in [0.2, 0.25) is 0 Å². The van der Waals surface area contributed by atoms with Crippen molar-refractivity contribution in [3.63, 3.8) is 0 Å². The minimum Gasteiger partial charge on any atom is -0.326 e. The molecular weight excluding hydrogens is 208 g/mol. The van der Waals surface area contributed by atoms with Crippen molar-refractivity contribution in [1.82, 2.24) is 4.90 Å². The molecule has 1 heterocycles. The van der Waals surface area contributed by atoms with E-state index in [2.05, 4.69) is 50.8 Å². The second-order valence-corrected chi connectivity index (χ2v) is 5.65. The lowest BCUT2D eigenvalue weighted by Crippen LogP contribution is -2.36. The van der Waals surface area contributed by atoms with E-state index in [0.717, 1.165) is 13.0 Å². The maximum Gasteiger partial charge on any atom is 0.0502 e. The molecule has 0 saturated carbocycles. The third-order valence-corrected chi connectivity index (χ3v) is 3.73. The first-order valence-corrected chi connectivity index (χ1v) is 6.58. The maximum absolute atomic E-state index is 6.30. The van der Waals surface area contributed by atoms with Crippen molar-refractivity contribution in [1.29, 1.82) is 0 Å². The molecule has 0 amide bonds. The summed E-state index contributed by atoms with van der Waals surface area (Å²) in [6.45, 7) is 9.96. The molecule has 0 spiro atoms. The lowest BCUT2D eigenvalue weighted by atomic mass is 9.96. The molecule has 17 heavy (non-hydrogen) atoms. The molecule has 1 aliphatic heterocycles. The largest absolute Gasteiger partial charge is 0.326 e. The van der Waals surface area contributed by atoms with Crippen LogP contribution in [0.25, 0.3) is 0 Å². The van der Waals surface area contributed by atoms with Crippen molar-refractivity contribution in [2.24, 2.45) is 5.73 Å². The third-order valence-electron chi connectivity index (χ3n) is 3.73. The van der Waals surface area contributed by atoms with Crippen LogP contribution in [0.4, 0.5) is 0 Å². The summed E-state index contributed by atoms with van der Waals surface area (Å²) in [7, 11) is 0. The van der Waals surface area contributed by atoms with Gasteiger partial charge in [-0.05, 0) is 39.7 Å². The Morgan fingerprint density at radius 3 is 2.29 bits per heavy atom. The first-order chi connectivity index (χ1) is 7.99. The van der Waals surface area contributed by atoms with E-state index >= 15 is 0 Å². The number of hydrogen-bond acceptors (Lipinski definition) is 2. The van der Waals surface area contributed by atoms with Crippen molar-refractivity contribution in [3.8, 4) is 0 Å². The predicted molar refractivity (Wildman–Crippen MR) is 73.1 cm³/mol. The van der Waals surface area contributed by atoms with Crippen molar-refractivity contribution >= 4 is 0 Å². The van der Waals surface area contributed by atoms with Gasteiger partial charge in [-0.15, -0.1) is 0 Å². The smallest absolute Gasteiger partial charge is 0.0502 e. The van der Waals surface area contributed by atoms with Gasteiger partial charge in [0, 0.05) is 18.6 Å². The summed E-state index contributed by atoms with van der Waals surface area (Å²) in [5.74, 6) is 0. The van der Waals surface area contributed by atoms with E-state index < -0.39 is 0 Å². The van der Waals surface area contributed by atoms with Gasteiger partial charge in [-0.2, -0.15) is 0 Å². The van der Waals surface area contributed by atoms with E-state index in [9.17, 15) is 0 Å². The van der Waals surface area contributed by atoms with Gasteiger partial charge in [0.25, 0.3) is 0 Å². The molecule has 1 saturated heterocycles. The summed E-state index contributed by atoms with van der Waals surface area (Å²) >= 11 is 0. The highest BCUT2D eigenvalue weighted by atomic mass is 15.2. The monoisotopic (exact) mass is 232 g/mol. The fourth-order valence-corrected chi connectivity index (χ4v) is 3.04. The normalized spacial score (nSPS) is 25.8. The first kappa shape index (κ1) is 12.6. The van der Waals surface area contributed by atoms with Crippen LogP contribution in [0.1, 0.15) is 43.0 Å². The Morgan fingerprint density at radius 1 is 1.18 bits per heavy atom. The standard InChI is InChI=1S/C15H24N2/c1-10(2)17-6-5-14(16)15(17)13-8-11(3)7-12(4)9-13/h7-10,14-15H,5-6,16H2,1-4H3. The molecule has 0 aromatic heterocycles. The molecule has 1 aromatic carbocycles. The van der Waals surface area contributed by atoms with E-state index in [1.54, 1.807) is 0 Å². The summed E-state index contributed by atoms with van der Waals surface area (Å²) in [5, 5.41) is 0. The van der Waals surface area contributed by atoms with E-state index in [0.29, 0.717) is 12.1 Å². The second kappa shape index (κ2) is 4.79. The Bertz CT molecular complexity index is 378. The molecule has 2 atom stereocenters. The van der Waals surface area contributed by atoms with Gasteiger partial charge in [-0.3, -0.25) is 4.90 Å². The number of nitrogens with zero attached hydrogens (tertiary/aromatic N) is 1. The highest BCUT2D eigenvalue weighted by Crippen LogP contribution is 2.33. The fourth-order valence-electron chi connectivity index (χ4n) is 3.04. The zero-order valence-corrected chi connectivity index (χ0v) is 11.4. The molecule has 2 unspecified atom stereocenters. The molecule has 1 aromatic rings. The number of rotatable bonds is 2. The molecule has 2 rings (SSSR count). The van der Waals surface area contributed by atoms with E-state index in [-0.39, 0.29) is 6.04 Å². The van der Waals surface area contributed by atoms with Gasteiger partial charge in [-0.1, -0.05) is 29.3 Å². The SMILES string of the molecule is Cc1cc(C)cc(C2C(N)CCN2C(C)C)c1. The van der Waals surface area contributed by atoms with Crippen LogP contribution >= 0.6 is 0 Å². The second-order valence-electron chi connectivity index (χ2n) is 5.65. The van der Waals surface area contributed by atoms with Crippen molar-refractivity contribution in [2.75, 3.05) is 6.54 Å². The molecule has 0 aliphatic carbocycles. The van der Waals surface area contributed by atoms with Crippen LogP contribution in [-0.2, 0) is 0 Å². The van der Waals surface area contributed by atoms with E-state index in [1.165, 1.54) is 16.7 Å². The quantitative estimate of drug-likeness (QED) is 0.849. The number of likely N-dealkylation sites (tertiary alicyclic amines) is 1. The van der Waals surface area contributed by atoms with Gasteiger partial charge in [0.15, 0.2) is 0 Å². The van der Waals surface area contributed by atoms with E-state index in [4.69, 9.17) is 5.73 Å². The van der Waals surface area contributed by atoms with Crippen molar-refractivity contribution in [3.05, 3.63) is 34.9 Å². The number of hydrogen-bond donors (Lipinski definition) is 1. The number of nitrogens with two attached hydrogens (primary N) is 1. The summed E-state index contributed by atoms with van der Waals surface area (Å²) in [6.07, 6.45) is 1.11. The van der Waals surface area contributed by atoms with E-state index in [1.807, 2.05) is 0 Å². The average molecular weight is 232 g/mol. The molecule has 1 aliphatic rings. The van der Waals surface area contributed by atoms with Gasteiger partial charge in [0.1, 0.15) is 0 Å². The van der Waals surface area contributed by atoms with Crippen molar-refractivity contribution < 1.29 is 0 Å². The average Bonchev–Trinajstić information content (AvgIpc) is 2.58. The van der Waals surface area contributed by atoms with Gasteiger partial charge in [0.2, 0.25) is 0 Å².